The molecule has 1 N–H and O–H groups in total. The average Bonchev–Trinajstić information content (AvgIpc) is 2.76. The molecule has 0 unspecified atom stereocenters. The van der Waals surface area contributed by atoms with E-state index in [-0.39, 0.29) is 0 Å². The molecule has 1 aliphatic rings. The van der Waals surface area contributed by atoms with Crippen LogP contribution < -0.4 is 10.1 Å². The lowest BCUT2D eigenvalue weighted by Gasteiger charge is -2.29. The molecule has 0 atom stereocenters. The quantitative estimate of drug-likeness (QED) is 0.636. The summed E-state index contributed by atoms with van der Waals surface area (Å²) in [5.41, 5.74) is 1.93. The van der Waals surface area contributed by atoms with E-state index in [4.69, 9.17) is 33.3 Å². The van der Waals surface area contributed by atoms with Gasteiger partial charge in [0.25, 0.3) is 0 Å². The highest BCUT2D eigenvalue weighted by atomic mass is 35.5. The van der Waals surface area contributed by atoms with Crippen molar-refractivity contribution in [2.75, 3.05) is 51.8 Å². The second-order valence-electron chi connectivity index (χ2n) is 6.86. The third kappa shape index (κ3) is 6.82. The van der Waals surface area contributed by atoms with E-state index in [2.05, 4.69) is 20.1 Å². The van der Waals surface area contributed by atoms with Crippen LogP contribution in [0.25, 0.3) is 0 Å². The predicted molar refractivity (Wildman–Crippen MR) is 121 cm³/mol. The summed E-state index contributed by atoms with van der Waals surface area (Å²) < 4.78 is 10.6. The molecule has 0 bridgehead atoms. The standard InChI is InChI=1S/C21H27ClN4O2S/c1-27-18-3-4-20(19(22)15-18)24-21(29)26(16-17-5-7-23-8-6-17)10-2-9-25-11-13-28-14-12-25/h3-8,15H,2,9-14,16H2,1H3,(H,24,29). The van der Waals surface area contributed by atoms with Gasteiger partial charge in [0, 0.05) is 51.2 Å². The van der Waals surface area contributed by atoms with E-state index in [0.717, 1.165) is 57.1 Å². The third-order valence-corrected chi connectivity index (χ3v) is 5.51. The monoisotopic (exact) mass is 434 g/mol. The van der Waals surface area contributed by atoms with Crippen LogP contribution >= 0.6 is 23.8 Å². The van der Waals surface area contributed by atoms with Crippen molar-refractivity contribution in [2.45, 2.75) is 13.0 Å². The number of hydrogen-bond acceptors (Lipinski definition) is 5. The van der Waals surface area contributed by atoms with Gasteiger partial charge in [0.2, 0.25) is 0 Å². The van der Waals surface area contributed by atoms with E-state index in [0.29, 0.717) is 22.4 Å². The van der Waals surface area contributed by atoms with Crippen LogP contribution in [0.3, 0.4) is 0 Å². The molecule has 0 spiro atoms. The Morgan fingerprint density at radius 2 is 2.03 bits per heavy atom. The molecule has 156 valence electrons. The van der Waals surface area contributed by atoms with Gasteiger partial charge >= 0.3 is 0 Å². The Balaban J connectivity index is 1.63. The number of halogens is 1. The highest BCUT2D eigenvalue weighted by molar-refractivity contribution is 7.80. The maximum absolute atomic E-state index is 6.38. The van der Waals surface area contributed by atoms with Crippen molar-refractivity contribution in [3.63, 3.8) is 0 Å². The first-order chi connectivity index (χ1) is 14.2. The highest BCUT2D eigenvalue weighted by Gasteiger charge is 2.15. The second-order valence-corrected chi connectivity index (χ2v) is 7.65. The lowest BCUT2D eigenvalue weighted by Crippen LogP contribution is -2.40. The van der Waals surface area contributed by atoms with Gasteiger partial charge in [-0.15, -0.1) is 0 Å². The molecule has 1 aromatic heterocycles. The molecule has 1 aliphatic heterocycles. The minimum absolute atomic E-state index is 0.573. The van der Waals surface area contributed by atoms with Gasteiger partial charge in [0.05, 0.1) is 31.0 Å². The number of aromatic nitrogens is 1. The molecule has 0 aliphatic carbocycles. The molecule has 29 heavy (non-hydrogen) atoms. The van der Waals surface area contributed by atoms with Crippen molar-refractivity contribution in [3.8, 4) is 5.75 Å². The van der Waals surface area contributed by atoms with Crippen molar-refractivity contribution in [2.24, 2.45) is 0 Å². The van der Waals surface area contributed by atoms with E-state index in [1.165, 1.54) is 0 Å². The summed E-state index contributed by atoms with van der Waals surface area (Å²) in [4.78, 5) is 8.71. The summed E-state index contributed by atoms with van der Waals surface area (Å²) in [6.45, 7) is 6.21. The number of rotatable bonds is 8. The van der Waals surface area contributed by atoms with Crippen LogP contribution in [0, 0.1) is 0 Å². The normalized spacial score (nSPS) is 14.4. The molecule has 1 saturated heterocycles. The number of morpholine rings is 1. The molecule has 2 heterocycles. The summed E-state index contributed by atoms with van der Waals surface area (Å²) in [5, 5.41) is 4.51. The third-order valence-electron chi connectivity index (χ3n) is 4.83. The Morgan fingerprint density at radius 3 is 2.72 bits per heavy atom. The van der Waals surface area contributed by atoms with E-state index in [9.17, 15) is 0 Å². The number of hydrogen-bond donors (Lipinski definition) is 1. The SMILES string of the molecule is COc1ccc(NC(=S)N(CCCN2CCOCC2)Cc2ccncc2)c(Cl)c1. The van der Waals surface area contributed by atoms with Gasteiger partial charge in [-0.05, 0) is 48.5 Å². The van der Waals surface area contributed by atoms with Gasteiger partial charge in [-0.3, -0.25) is 9.88 Å². The number of methoxy groups -OCH3 is 1. The lowest BCUT2D eigenvalue weighted by molar-refractivity contribution is 0.0368. The molecule has 8 heteroatoms. The second kappa shape index (κ2) is 11.3. The van der Waals surface area contributed by atoms with Crippen LogP contribution in [-0.4, -0.2) is 66.4 Å². The van der Waals surface area contributed by atoms with Gasteiger partial charge in [-0.1, -0.05) is 11.6 Å². The summed E-state index contributed by atoms with van der Waals surface area (Å²) in [6.07, 6.45) is 4.62. The lowest BCUT2D eigenvalue weighted by atomic mass is 10.2. The first-order valence-corrected chi connectivity index (χ1v) is 10.5. The zero-order valence-electron chi connectivity index (χ0n) is 16.6. The predicted octanol–water partition coefficient (Wildman–Crippen LogP) is 3.66. The van der Waals surface area contributed by atoms with Crippen LogP contribution in [0.2, 0.25) is 5.02 Å². The maximum atomic E-state index is 6.38. The molecule has 6 nitrogen and oxygen atoms in total. The van der Waals surface area contributed by atoms with Gasteiger partial charge in [-0.2, -0.15) is 0 Å². The Bertz CT molecular complexity index is 788. The summed E-state index contributed by atoms with van der Waals surface area (Å²) in [5.74, 6) is 0.714. The van der Waals surface area contributed by atoms with Gasteiger partial charge in [0.15, 0.2) is 5.11 Å². The van der Waals surface area contributed by atoms with Crippen LogP contribution in [0.15, 0.2) is 42.7 Å². The number of thiocarbonyl (C=S) groups is 1. The summed E-state index contributed by atoms with van der Waals surface area (Å²) in [7, 11) is 1.62. The Hall–Kier alpha value is -1.93. The zero-order chi connectivity index (χ0) is 20.5. The van der Waals surface area contributed by atoms with E-state index in [1.54, 1.807) is 25.6 Å². The number of nitrogens with one attached hydrogen (secondary N) is 1. The van der Waals surface area contributed by atoms with Gasteiger partial charge < -0.3 is 19.7 Å². The zero-order valence-corrected chi connectivity index (χ0v) is 18.2. The molecule has 1 aromatic carbocycles. The maximum Gasteiger partial charge on any atom is 0.173 e. The number of ether oxygens (including phenoxy) is 2. The van der Waals surface area contributed by atoms with Crippen molar-refractivity contribution < 1.29 is 9.47 Å². The van der Waals surface area contributed by atoms with Crippen LogP contribution in [-0.2, 0) is 11.3 Å². The number of anilines is 1. The number of pyridine rings is 1. The van der Waals surface area contributed by atoms with E-state index < -0.39 is 0 Å². The fourth-order valence-corrected chi connectivity index (χ4v) is 3.67. The minimum Gasteiger partial charge on any atom is -0.497 e. The number of benzene rings is 1. The molecular weight excluding hydrogens is 408 g/mol. The largest absolute Gasteiger partial charge is 0.497 e. The molecule has 0 radical (unpaired) electrons. The Labute approximate surface area is 182 Å². The summed E-state index contributed by atoms with van der Waals surface area (Å²) in [6, 6.07) is 9.54. The van der Waals surface area contributed by atoms with Crippen molar-refractivity contribution in [1.82, 2.24) is 14.8 Å². The van der Waals surface area contributed by atoms with Gasteiger partial charge in [0.1, 0.15) is 5.75 Å². The Kier molecular flexibility index (Phi) is 8.49. The van der Waals surface area contributed by atoms with Crippen LogP contribution in [0.5, 0.6) is 5.75 Å². The molecule has 2 aromatic rings. The number of nitrogens with zero attached hydrogens (tertiary/aromatic N) is 3. The first-order valence-electron chi connectivity index (χ1n) is 9.74. The van der Waals surface area contributed by atoms with E-state index in [1.807, 2.05) is 24.3 Å². The molecule has 1 fully saturated rings. The molecular formula is C21H27ClN4O2S. The fraction of sp³-hybridized carbons (Fsp3) is 0.429. The average molecular weight is 435 g/mol. The molecule has 0 saturated carbocycles. The van der Waals surface area contributed by atoms with E-state index >= 15 is 0 Å². The van der Waals surface area contributed by atoms with Crippen molar-refractivity contribution in [3.05, 3.63) is 53.3 Å². The van der Waals surface area contributed by atoms with Crippen molar-refractivity contribution >= 4 is 34.6 Å². The summed E-state index contributed by atoms with van der Waals surface area (Å²) >= 11 is 12.1. The van der Waals surface area contributed by atoms with Crippen LogP contribution in [0.1, 0.15) is 12.0 Å². The molecule has 0 amide bonds. The van der Waals surface area contributed by atoms with Crippen LogP contribution in [0.4, 0.5) is 5.69 Å². The highest BCUT2D eigenvalue weighted by Crippen LogP contribution is 2.27. The first kappa shape index (κ1) is 21.8. The van der Waals surface area contributed by atoms with Gasteiger partial charge in [-0.25, -0.2) is 0 Å². The minimum atomic E-state index is 0.573. The Morgan fingerprint density at radius 1 is 1.28 bits per heavy atom. The molecule has 3 rings (SSSR count). The fourth-order valence-electron chi connectivity index (χ4n) is 3.19. The topological polar surface area (TPSA) is 49.9 Å². The van der Waals surface area contributed by atoms with Crippen molar-refractivity contribution in [1.29, 1.82) is 0 Å². The smallest absolute Gasteiger partial charge is 0.173 e.